The van der Waals surface area contributed by atoms with Gasteiger partial charge in [0.25, 0.3) is 0 Å². The standard InChI is InChI=1S/C12H18ClO4P/c1-3-16-18(15,17-4-2)9-12(14)10-7-5-6-8-11(10)13/h5-8,12,14H,3-4,9H2,1-2H3/t12-/m1/s1. The van der Waals surface area contributed by atoms with Gasteiger partial charge in [-0.2, -0.15) is 0 Å². The molecule has 1 rings (SSSR count). The summed E-state index contributed by atoms with van der Waals surface area (Å²) in [6, 6.07) is 6.89. The smallest absolute Gasteiger partial charge is 0.333 e. The van der Waals surface area contributed by atoms with Gasteiger partial charge in [-0.1, -0.05) is 29.8 Å². The minimum Gasteiger partial charge on any atom is -0.388 e. The van der Waals surface area contributed by atoms with Gasteiger partial charge in [0.1, 0.15) is 0 Å². The van der Waals surface area contributed by atoms with E-state index in [9.17, 15) is 9.67 Å². The van der Waals surface area contributed by atoms with E-state index in [4.69, 9.17) is 20.6 Å². The second-order valence-corrected chi connectivity index (χ2v) is 6.18. The summed E-state index contributed by atoms with van der Waals surface area (Å²) in [7, 11) is -3.27. The van der Waals surface area contributed by atoms with Crippen molar-refractivity contribution in [2.75, 3.05) is 19.4 Å². The van der Waals surface area contributed by atoms with E-state index in [-0.39, 0.29) is 19.4 Å². The Hall–Kier alpha value is -0.380. The van der Waals surface area contributed by atoms with Crippen LogP contribution in [-0.4, -0.2) is 24.5 Å². The zero-order valence-electron chi connectivity index (χ0n) is 10.5. The van der Waals surface area contributed by atoms with Gasteiger partial charge in [-0.15, -0.1) is 0 Å². The van der Waals surface area contributed by atoms with E-state index in [0.29, 0.717) is 10.6 Å². The average Bonchev–Trinajstić information content (AvgIpc) is 2.29. The first-order valence-electron chi connectivity index (χ1n) is 5.83. The molecular weight excluding hydrogens is 275 g/mol. The van der Waals surface area contributed by atoms with Gasteiger partial charge in [0.2, 0.25) is 0 Å². The minimum absolute atomic E-state index is 0.0988. The molecule has 1 aromatic carbocycles. The van der Waals surface area contributed by atoms with Crippen molar-refractivity contribution in [2.45, 2.75) is 20.0 Å². The molecule has 0 bridgehead atoms. The van der Waals surface area contributed by atoms with Crippen molar-refractivity contribution in [3.63, 3.8) is 0 Å². The van der Waals surface area contributed by atoms with Crippen LogP contribution in [0.15, 0.2) is 24.3 Å². The third-order valence-corrected chi connectivity index (χ3v) is 4.75. The number of hydrogen-bond donors (Lipinski definition) is 1. The zero-order chi connectivity index (χ0) is 13.6. The van der Waals surface area contributed by atoms with E-state index >= 15 is 0 Å². The number of hydrogen-bond acceptors (Lipinski definition) is 4. The Labute approximate surface area is 112 Å². The lowest BCUT2D eigenvalue weighted by Gasteiger charge is -2.20. The molecule has 0 fully saturated rings. The zero-order valence-corrected chi connectivity index (χ0v) is 12.2. The summed E-state index contributed by atoms with van der Waals surface area (Å²) in [5.74, 6) is 0. The van der Waals surface area contributed by atoms with Crippen LogP contribution in [0.25, 0.3) is 0 Å². The van der Waals surface area contributed by atoms with Gasteiger partial charge in [-0.25, -0.2) is 0 Å². The maximum atomic E-state index is 12.3. The molecule has 0 spiro atoms. The maximum absolute atomic E-state index is 12.3. The van der Waals surface area contributed by atoms with Crippen LogP contribution in [0.4, 0.5) is 0 Å². The second-order valence-electron chi connectivity index (χ2n) is 3.67. The molecule has 1 aromatic rings. The normalized spacial score (nSPS) is 13.6. The minimum atomic E-state index is -3.27. The first-order chi connectivity index (χ1) is 8.52. The second kappa shape index (κ2) is 7.27. The molecule has 0 saturated heterocycles. The molecule has 0 aliphatic carbocycles. The predicted molar refractivity (Wildman–Crippen MR) is 72.1 cm³/mol. The van der Waals surface area contributed by atoms with Gasteiger partial charge >= 0.3 is 7.60 Å². The van der Waals surface area contributed by atoms with Crippen LogP contribution in [-0.2, 0) is 13.6 Å². The summed E-state index contributed by atoms with van der Waals surface area (Å²) < 4.78 is 22.5. The quantitative estimate of drug-likeness (QED) is 0.780. The number of aliphatic hydroxyl groups excluding tert-OH is 1. The molecule has 1 atom stereocenters. The summed E-state index contributed by atoms with van der Waals surface area (Å²) in [4.78, 5) is 0. The van der Waals surface area contributed by atoms with Crippen LogP contribution in [0.1, 0.15) is 25.5 Å². The van der Waals surface area contributed by atoms with Crippen LogP contribution >= 0.6 is 19.2 Å². The summed E-state index contributed by atoms with van der Waals surface area (Å²) in [6.45, 7) is 4.00. The largest absolute Gasteiger partial charge is 0.388 e. The third-order valence-electron chi connectivity index (χ3n) is 2.31. The Morgan fingerprint density at radius 3 is 2.33 bits per heavy atom. The fraction of sp³-hybridized carbons (Fsp3) is 0.500. The summed E-state index contributed by atoms with van der Waals surface area (Å²) >= 11 is 5.97. The Balaban J connectivity index is 2.82. The molecule has 0 aliphatic heterocycles. The van der Waals surface area contributed by atoms with Crippen molar-refractivity contribution < 1.29 is 18.7 Å². The number of aliphatic hydroxyl groups is 1. The average molecular weight is 293 g/mol. The van der Waals surface area contributed by atoms with Crippen molar-refractivity contribution in [3.8, 4) is 0 Å². The molecule has 4 nitrogen and oxygen atoms in total. The molecule has 0 heterocycles. The van der Waals surface area contributed by atoms with Crippen molar-refractivity contribution in [3.05, 3.63) is 34.9 Å². The van der Waals surface area contributed by atoms with Crippen molar-refractivity contribution >= 4 is 19.2 Å². The Morgan fingerprint density at radius 2 is 1.83 bits per heavy atom. The Morgan fingerprint density at radius 1 is 1.28 bits per heavy atom. The van der Waals surface area contributed by atoms with Gasteiger partial charge in [0.15, 0.2) is 0 Å². The first kappa shape index (κ1) is 15.7. The van der Waals surface area contributed by atoms with Gasteiger partial charge in [0.05, 0.1) is 25.5 Å². The lowest BCUT2D eigenvalue weighted by atomic mass is 10.1. The summed E-state index contributed by atoms with van der Waals surface area (Å²) in [5, 5.41) is 10.5. The molecule has 0 aliphatic rings. The molecule has 0 aromatic heterocycles. The molecular formula is C12H18ClO4P. The topological polar surface area (TPSA) is 55.8 Å². The van der Waals surface area contributed by atoms with Gasteiger partial charge in [0, 0.05) is 5.02 Å². The fourth-order valence-electron chi connectivity index (χ4n) is 1.59. The number of rotatable bonds is 7. The van der Waals surface area contributed by atoms with Crippen LogP contribution in [0, 0.1) is 0 Å². The van der Waals surface area contributed by atoms with Crippen LogP contribution in [0.2, 0.25) is 5.02 Å². The van der Waals surface area contributed by atoms with Crippen LogP contribution in [0.3, 0.4) is 0 Å². The molecule has 6 heteroatoms. The van der Waals surface area contributed by atoms with E-state index < -0.39 is 13.7 Å². The predicted octanol–water partition coefficient (Wildman–Crippen LogP) is 3.64. The Bertz CT molecular complexity index is 414. The number of halogens is 1. The van der Waals surface area contributed by atoms with Gasteiger partial charge in [-0.05, 0) is 25.5 Å². The molecule has 0 radical (unpaired) electrons. The summed E-state index contributed by atoms with van der Waals surface area (Å²) in [5.41, 5.74) is 0.527. The first-order valence-corrected chi connectivity index (χ1v) is 7.93. The van der Waals surface area contributed by atoms with Gasteiger partial charge < -0.3 is 14.2 Å². The van der Waals surface area contributed by atoms with E-state index in [0.717, 1.165) is 0 Å². The van der Waals surface area contributed by atoms with Crippen LogP contribution < -0.4 is 0 Å². The lowest BCUT2D eigenvalue weighted by Crippen LogP contribution is -2.09. The molecule has 18 heavy (non-hydrogen) atoms. The third kappa shape index (κ3) is 4.38. The Kier molecular flexibility index (Phi) is 6.33. The van der Waals surface area contributed by atoms with Gasteiger partial charge in [-0.3, -0.25) is 4.57 Å². The van der Waals surface area contributed by atoms with Crippen molar-refractivity contribution in [1.82, 2.24) is 0 Å². The monoisotopic (exact) mass is 292 g/mol. The molecule has 1 N–H and O–H groups in total. The van der Waals surface area contributed by atoms with E-state index in [1.54, 1.807) is 38.1 Å². The van der Waals surface area contributed by atoms with E-state index in [1.165, 1.54) is 0 Å². The summed E-state index contributed by atoms with van der Waals surface area (Å²) in [6.07, 6.45) is -1.07. The SMILES string of the molecule is CCOP(=O)(C[C@@H](O)c1ccccc1Cl)OCC. The molecule has 0 amide bonds. The molecule has 0 unspecified atom stereocenters. The van der Waals surface area contributed by atoms with Crippen molar-refractivity contribution in [1.29, 1.82) is 0 Å². The highest BCUT2D eigenvalue weighted by Crippen LogP contribution is 2.51. The highest BCUT2D eigenvalue weighted by atomic mass is 35.5. The molecule has 102 valence electrons. The maximum Gasteiger partial charge on any atom is 0.333 e. The van der Waals surface area contributed by atoms with E-state index in [1.807, 2.05) is 0 Å². The van der Waals surface area contributed by atoms with E-state index in [2.05, 4.69) is 0 Å². The fourth-order valence-corrected chi connectivity index (χ4v) is 3.55. The highest BCUT2D eigenvalue weighted by molar-refractivity contribution is 7.53. The highest BCUT2D eigenvalue weighted by Gasteiger charge is 2.29. The van der Waals surface area contributed by atoms with Crippen molar-refractivity contribution in [2.24, 2.45) is 0 Å². The number of benzene rings is 1. The van der Waals surface area contributed by atoms with Crippen LogP contribution in [0.5, 0.6) is 0 Å². The lowest BCUT2D eigenvalue weighted by molar-refractivity contribution is 0.170. The molecule has 0 saturated carbocycles.